The monoisotopic (exact) mass is 724 g/mol. The molecule has 3 amide bonds. The summed E-state index contributed by atoms with van der Waals surface area (Å²) in [6.07, 6.45) is -0.223. The smallest absolute Gasteiger partial charge is 0.278 e. The Morgan fingerprint density at radius 3 is 1.57 bits per heavy atom. The van der Waals surface area contributed by atoms with Crippen LogP contribution in [0.15, 0.2) is 5.11 Å². The van der Waals surface area contributed by atoms with E-state index in [1.807, 2.05) is 5.32 Å². The summed E-state index contributed by atoms with van der Waals surface area (Å²) in [7, 11) is -10.2. The van der Waals surface area contributed by atoms with Crippen molar-refractivity contribution in [3.8, 4) is 0 Å². The zero-order chi connectivity index (χ0) is 35.4. The minimum atomic E-state index is -5.09. The van der Waals surface area contributed by atoms with Gasteiger partial charge in [0.2, 0.25) is 22.6 Å². The summed E-state index contributed by atoms with van der Waals surface area (Å²) in [5, 5.41) is 5.14. The lowest BCUT2D eigenvalue weighted by Gasteiger charge is -2.18. The van der Waals surface area contributed by atoms with Crippen LogP contribution in [0.25, 0.3) is 0 Å². The van der Waals surface area contributed by atoms with Crippen LogP contribution in [0.2, 0.25) is 0 Å². The highest BCUT2D eigenvalue weighted by atomic mass is 32.2. The van der Waals surface area contributed by atoms with Crippen LogP contribution in [0.3, 0.4) is 0 Å². The second-order valence-corrected chi connectivity index (χ2v) is 12.2. The van der Waals surface area contributed by atoms with Gasteiger partial charge in [0, 0.05) is 32.6 Å². The molecule has 2 atom stereocenters. The number of amides is 3. The molecule has 0 radical (unpaired) electrons. The molecule has 0 rings (SSSR count). The molecule has 0 spiro atoms. The summed E-state index contributed by atoms with van der Waals surface area (Å²) < 4.78 is 97.1. The molecule has 47 heavy (non-hydrogen) atoms. The maximum absolute atomic E-state index is 12.5. The van der Waals surface area contributed by atoms with E-state index in [9.17, 15) is 40.3 Å². The topological polar surface area (TPSA) is 328 Å². The standard InChI is InChI=1S/C23H45N7O15S2/c24-2-6-41-10-14-44-13-9-40-5-1-21(31)27-17-19(46(34,35)36)23(33)28-18-20(47(37,38)39)22(32)26-3-7-42-11-15-45-16-12-43-8-4-29-30-25/h19-20,25H,1-18,24H2,(H4-,26,27,28,31,32,33,34,35,36,37,38,39)/p+1. The predicted octanol–water partition coefficient (Wildman–Crippen LogP) is -4.15. The second kappa shape index (κ2) is 27.2. The molecule has 0 aromatic rings. The van der Waals surface area contributed by atoms with E-state index in [1.54, 1.807) is 0 Å². The Hall–Kier alpha value is -2.74. The zero-order valence-corrected chi connectivity index (χ0v) is 27.5. The number of carbonyl (C=O) groups excluding carboxylic acids is 3. The summed E-state index contributed by atoms with van der Waals surface area (Å²) in [5.74, 6) is -3.39. The van der Waals surface area contributed by atoms with Crippen molar-refractivity contribution in [2.45, 2.75) is 16.9 Å². The minimum Gasteiger partial charge on any atom is -0.379 e. The van der Waals surface area contributed by atoms with E-state index in [1.165, 1.54) is 0 Å². The number of hydrogen-bond acceptors (Lipinski definition) is 16. The first-order chi connectivity index (χ1) is 22.3. The Labute approximate surface area is 272 Å². The van der Waals surface area contributed by atoms with Crippen molar-refractivity contribution in [1.29, 1.82) is 5.53 Å². The average molecular weight is 725 g/mol. The molecule has 8 N–H and O–H groups in total. The highest BCUT2D eigenvalue weighted by molar-refractivity contribution is 7.87. The maximum atomic E-state index is 12.5. The Balaban J connectivity index is 4.47. The maximum Gasteiger partial charge on any atom is 0.278 e. The quantitative estimate of drug-likeness (QED) is 0.0154. The van der Waals surface area contributed by atoms with E-state index in [0.717, 1.165) is 0 Å². The zero-order valence-electron chi connectivity index (χ0n) is 25.9. The molecular weight excluding hydrogens is 678 g/mol. The van der Waals surface area contributed by atoms with Gasteiger partial charge in [0.25, 0.3) is 20.2 Å². The lowest BCUT2D eigenvalue weighted by molar-refractivity contribution is -0.122. The van der Waals surface area contributed by atoms with E-state index in [2.05, 4.69) is 20.7 Å². The Bertz CT molecular complexity index is 1160. The Morgan fingerprint density at radius 2 is 1.09 bits per heavy atom. The number of nitrogens with two attached hydrogens (primary N) is 1. The molecule has 22 nitrogen and oxygen atoms in total. The number of ether oxygens (including phenoxy) is 6. The number of nitrogens with one attached hydrogen (secondary N) is 4. The predicted molar refractivity (Wildman–Crippen MR) is 160 cm³/mol. The van der Waals surface area contributed by atoms with Crippen LogP contribution in [-0.4, -0.2) is 166 Å². The molecule has 0 saturated heterocycles. The molecule has 0 aliphatic heterocycles. The minimum absolute atomic E-state index is 0.0647. The molecule has 0 aliphatic rings. The van der Waals surface area contributed by atoms with E-state index in [0.29, 0.717) is 26.4 Å². The van der Waals surface area contributed by atoms with E-state index in [-0.39, 0.29) is 79.0 Å². The van der Waals surface area contributed by atoms with Crippen molar-refractivity contribution >= 4 is 38.0 Å². The van der Waals surface area contributed by atoms with E-state index in [4.69, 9.17) is 39.7 Å². The first-order valence-corrected chi connectivity index (χ1v) is 17.3. The molecule has 0 fully saturated rings. The summed E-state index contributed by atoms with van der Waals surface area (Å²) in [6, 6.07) is 0. The molecule has 2 unspecified atom stereocenters. The van der Waals surface area contributed by atoms with Gasteiger partial charge in [-0.1, -0.05) is 0 Å². The van der Waals surface area contributed by atoms with Gasteiger partial charge in [0.05, 0.1) is 79.3 Å². The van der Waals surface area contributed by atoms with Crippen LogP contribution >= 0.6 is 0 Å². The van der Waals surface area contributed by atoms with Crippen LogP contribution in [0, 0.1) is 5.53 Å². The Morgan fingerprint density at radius 1 is 0.660 bits per heavy atom. The Kier molecular flexibility index (Phi) is 25.6. The van der Waals surface area contributed by atoms with Crippen molar-refractivity contribution in [3.63, 3.8) is 0 Å². The number of rotatable bonds is 31. The van der Waals surface area contributed by atoms with Crippen LogP contribution in [0.5, 0.6) is 0 Å². The third-order valence-electron chi connectivity index (χ3n) is 5.43. The van der Waals surface area contributed by atoms with E-state index < -0.39 is 61.5 Å². The third-order valence-corrected chi connectivity index (χ3v) is 7.63. The van der Waals surface area contributed by atoms with Crippen molar-refractivity contribution in [2.24, 2.45) is 10.8 Å². The van der Waals surface area contributed by atoms with Crippen LogP contribution < -0.4 is 26.6 Å². The highest BCUT2D eigenvalue weighted by Crippen LogP contribution is 2.02. The van der Waals surface area contributed by atoms with Crippen LogP contribution in [0.4, 0.5) is 0 Å². The van der Waals surface area contributed by atoms with Crippen molar-refractivity contribution in [2.75, 3.05) is 112 Å². The highest BCUT2D eigenvalue weighted by Gasteiger charge is 2.35. The SMILES string of the molecule is N=[N+]=NCCOCCOCCOCCNC(=O)C(CNC(=O)C(CNC(=O)CCOCCOCCOCCN)S(=O)(=O)O)S(=O)(=O)O. The third kappa shape index (κ3) is 25.0. The number of nitrogens with zero attached hydrogens (tertiary/aromatic N) is 2. The van der Waals surface area contributed by atoms with Gasteiger partial charge in [-0.2, -0.15) is 16.8 Å². The molecule has 0 aromatic carbocycles. The van der Waals surface area contributed by atoms with Crippen molar-refractivity contribution in [1.82, 2.24) is 20.9 Å². The summed E-state index contributed by atoms with van der Waals surface area (Å²) in [5.41, 5.74) is 11.8. The average Bonchev–Trinajstić information content (AvgIpc) is 2.99. The van der Waals surface area contributed by atoms with Gasteiger partial charge in [-0.25, -0.2) is 0 Å². The lowest BCUT2D eigenvalue weighted by atomic mass is 10.3. The second-order valence-electron chi connectivity index (χ2n) is 9.03. The molecule has 0 aliphatic carbocycles. The van der Waals surface area contributed by atoms with Gasteiger partial charge < -0.3 is 50.1 Å². The summed E-state index contributed by atoms with van der Waals surface area (Å²) in [6.45, 7) is 1.06. The summed E-state index contributed by atoms with van der Waals surface area (Å²) >= 11 is 0. The normalized spacial score (nSPS) is 12.9. The van der Waals surface area contributed by atoms with Gasteiger partial charge in [-0.3, -0.25) is 23.5 Å². The fraction of sp³-hybridized carbons (Fsp3) is 0.870. The molecule has 24 heteroatoms. The molecular formula is C23H46N7O15S2+. The molecule has 0 heterocycles. The van der Waals surface area contributed by atoms with Gasteiger partial charge in [-0.05, 0) is 0 Å². The van der Waals surface area contributed by atoms with Crippen LogP contribution in [0.1, 0.15) is 6.42 Å². The largest absolute Gasteiger partial charge is 0.379 e. The fourth-order valence-electron chi connectivity index (χ4n) is 3.12. The van der Waals surface area contributed by atoms with Gasteiger partial charge >= 0.3 is 0 Å². The summed E-state index contributed by atoms with van der Waals surface area (Å²) in [4.78, 5) is 39.7. The van der Waals surface area contributed by atoms with Gasteiger partial charge in [-0.15, -0.1) is 0 Å². The first kappa shape index (κ1) is 44.3. The van der Waals surface area contributed by atoms with Gasteiger partial charge in [0.15, 0.2) is 10.5 Å². The van der Waals surface area contributed by atoms with E-state index >= 15 is 0 Å². The molecule has 0 saturated carbocycles. The lowest BCUT2D eigenvalue weighted by Crippen LogP contribution is -2.52. The molecule has 0 aromatic heterocycles. The van der Waals surface area contributed by atoms with Crippen molar-refractivity contribution in [3.05, 3.63) is 0 Å². The first-order valence-electron chi connectivity index (χ1n) is 14.3. The van der Waals surface area contributed by atoms with Crippen LogP contribution in [-0.2, 0) is 63.0 Å². The molecule has 274 valence electrons. The molecule has 0 bridgehead atoms. The number of carbonyl (C=O) groups is 3. The van der Waals surface area contributed by atoms with Gasteiger partial charge in [0.1, 0.15) is 17.2 Å². The fourth-order valence-corrected chi connectivity index (χ4v) is 4.41. The van der Waals surface area contributed by atoms with Crippen molar-refractivity contribution < 1.29 is 68.7 Å². The number of hydrogen-bond donors (Lipinski definition) is 7.